The van der Waals surface area contributed by atoms with Gasteiger partial charge in [-0.2, -0.15) is 0 Å². The van der Waals surface area contributed by atoms with Crippen LogP contribution in [0, 0.1) is 0 Å². The number of carboxylic acids is 1. The van der Waals surface area contributed by atoms with Crippen LogP contribution in [-0.4, -0.2) is 17.9 Å². The molecule has 0 radical (unpaired) electrons. The van der Waals surface area contributed by atoms with Gasteiger partial charge in [0.15, 0.2) is 5.76 Å². The van der Waals surface area contributed by atoms with Crippen molar-refractivity contribution in [2.24, 2.45) is 0 Å². The summed E-state index contributed by atoms with van der Waals surface area (Å²) in [6.07, 6.45) is 1.38. The molecule has 4 nitrogen and oxygen atoms in total. The lowest BCUT2D eigenvalue weighted by Crippen LogP contribution is -2.15. The fourth-order valence-electron chi connectivity index (χ4n) is 2.44. The van der Waals surface area contributed by atoms with Crippen molar-refractivity contribution in [3.8, 4) is 11.1 Å². The maximum Gasteiger partial charge on any atom is 0.318 e. The van der Waals surface area contributed by atoms with Crippen LogP contribution in [0.1, 0.15) is 11.5 Å². The summed E-state index contributed by atoms with van der Waals surface area (Å²) in [6.45, 7) is 0.0621. The van der Waals surface area contributed by atoms with E-state index < -0.39 is 11.9 Å². The number of carbonyl (C=O) groups is 1. The van der Waals surface area contributed by atoms with Crippen LogP contribution in [0.5, 0.6) is 0 Å². The molecule has 1 aliphatic heterocycles. The molecule has 4 heteroatoms. The van der Waals surface area contributed by atoms with Crippen LogP contribution in [0.25, 0.3) is 11.1 Å². The van der Waals surface area contributed by atoms with E-state index in [2.05, 4.69) is 0 Å². The van der Waals surface area contributed by atoms with Gasteiger partial charge in [0.25, 0.3) is 0 Å². The molecule has 0 fully saturated rings. The molecular weight excluding hydrogens is 268 g/mol. The van der Waals surface area contributed by atoms with E-state index in [-0.39, 0.29) is 6.79 Å². The highest BCUT2D eigenvalue weighted by molar-refractivity contribution is 5.84. The Morgan fingerprint density at radius 3 is 2.43 bits per heavy atom. The molecule has 2 aromatic rings. The largest absolute Gasteiger partial charge is 0.480 e. The van der Waals surface area contributed by atoms with E-state index in [9.17, 15) is 9.90 Å². The van der Waals surface area contributed by atoms with Crippen LogP contribution >= 0.6 is 0 Å². The molecule has 0 spiro atoms. The molecule has 1 aliphatic rings. The zero-order chi connectivity index (χ0) is 14.7. The van der Waals surface area contributed by atoms with Crippen LogP contribution in [0.4, 0.5) is 0 Å². The first-order valence-electron chi connectivity index (χ1n) is 6.59. The monoisotopic (exact) mass is 282 g/mol. The lowest BCUT2D eigenvalue weighted by atomic mass is 9.89. The third-order valence-corrected chi connectivity index (χ3v) is 3.38. The number of hydrogen-bond donors (Lipinski definition) is 1. The summed E-state index contributed by atoms with van der Waals surface area (Å²) < 4.78 is 10.3. The highest BCUT2D eigenvalue weighted by atomic mass is 16.7. The minimum atomic E-state index is -0.963. The molecule has 2 aromatic carbocycles. The van der Waals surface area contributed by atoms with E-state index in [1.54, 1.807) is 0 Å². The Hall–Kier alpha value is -2.75. The molecule has 0 saturated heterocycles. The van der Waals surface area contributed by atoms with E-state index in [1.165, 1.54) is 6.26 Å². The lowest BCUT2D eigenvalue weighted by molar-refractivity contribution is -0.138. The van der Waals surface area contributed by atoms with Crippen molar-refractivity contribution >= 4 is 5.97 Å². The molecule has 0 amide bonds. The highest BCUT2D eigenvalue weighted by Crippen LogP contribution is 2.35. The number of benzene rings is 2. The van der Waals surface area contributed by atoms with Crippen molar-refractivity contribution in [3.63, 3.8) is 0 Å². The molecule has 3 rings (SSSR count). The summed E-state index contributed by atoms with van der Waals surface area (Å²) in [5.41, 5.74) is 2.54. The highest BCUT2D eigenvalue weighted by Gasteiger charge is 2.30. The van der Waals surface area contributed by atoms with E-state index in [1.807, 2.05) is 54.6 Å². The Morgan fingerprint density at radius 2 is 1.76 bits per heavy atom. The zero-order valence-corrected chi connectivity index (χ0v) is 11.2. The quantitative estimate of drug-likeness (QED) is 0.934. The fraction of sp³-hybridized carbons (Fsp3) is 0.118. The van der Waals surface area contributed by atoms with Crippen LogP contribution in [0.3, 0.4) is 0 Å². The molecule has 1 unspecified atom stereocenters. The van der Waals surface area contributed by atoms with Gasteiger partial charge in [0.2, 0.25) is 6.79 Å². The summed E-state index contributed by atoms with van der Waals surface area (Å²) in [4.78, 5) is 11.7. The number of ether oxygens (including phenoxy) is 2. The SMILES string of the molecule is O=C(O)C(C1=COCO1)c1ccccc1-c1ccccc1. The van der Waals surface area contributed by atoms with Gasteiger partial charge in [0.05, 0.1) is 0 Å². The van der Waals surface area contributed by atoms with E-state index in [4.69, 9.17) is 9.47 Å². The first-order chi connectivity index (χ1) is 10.3. The molecule has 1 heterocycles. The second kappa shape index (κ2) is 5.71. The molecule has 0 aromatic heterocycles. The molecular formula is C17H14O4. The van der Waals surface area contributed by atoms with Crippen LogP contribution in [-0.2, 0) is 14.3 Å². The summed E-state index contributed by atoms with van der Waals surface area (Å²) >= 11 is 0. The Kier molecular flexibility index (Phi) is 3.60. The smallest absolute Gasteiger partial charge is 0.318 e. The van der Waals surface area contributed by atoms with E-state index in [0.29, 0.717) is 11.3 Å². The number of rotatable bonds is 4. The standard InChI is InChI=1S/C17H14O4/c18-17(19)16(15-10-20-11-21-15)14-9-5-4-8-13(14)12-6-2-1-3-7-12/h1-10,16H,11H2,(H,18,19). The minimum Gasteiger partial charge on any atom is -0.480 e. The predicted molar refractivity (Wildman–Crippen MR) is 77.4 cm³/mol. The van der Waals surface area contributed by atoms with Crippen molar-refractivity contribution < 1.29 is 19.4 Å². The van der Waals surface area contributed by atoms with Gasteiger partial charge in [-0.25, -0.2) is 0 Å². The summed E-state index contributed by atoms with van der Waals surface area (Å²) in [5.74, 6) is -1.51. The maximum atomic E-state index is 11.7. The first-order valence-corrected chi connectivity index (χ1v) is 6.59. The average molecular weight is 282 g/mol. The Labute approximate surface area is 122 Å². The van der Waals surface area contributed by atoms with Crippen molar-refractivity contribution in [1.29, 1.82) is 0 Å². The fourth-order valence-corrected chi connectivity index (χ4v) is 2.44. The number of aliphatic carboxylic acids is 1. The average Bonchev–Trinajstić information content (AvgIpc) is 3.02. The Balaban J connectivity index is 2.11. The zero-order valence-electron chi connectivity index (χ0n) is 11.2. The third-order valence-electron chi connectivity index (χ3n) is 3.38. The van der Waals surface area contributed by atoms with Crippen molar-refractivity contribution in [3.05, 3.63) is 72.2 Å². The summed E-state index contributed by atoms with van der Waals surface area (Å²) in [7, 11) is 0. The van der Waals surface area contributed by atoms with Gasteiger partial charge in [-0.05, 0) is 16.7 Å². The molecule has 106 valence electrons. The molecule has 1 atom stereocenters. The second-order valence-corrected chi connectivity index (χ2v) is 4.67. The molecule has 0 saturated carbocycles. The van der Waals surface area contributed by atoms with Crippen LogP contribution < -0.4 is 0 Å². The van der Waals surface area contributed by atoms with Gasteiger partial charge in [0.1, 0.15) is 12.2 Å². The molecule has 0 bridgehead atoms. The van der Waals surface area contributed by atoms with Crippen LogP contribution in [0.2, 0.25) is 0 Å². The van der Waals surface area contributed by atoms with Gasteiger partial charge >= 0.3 is 5.97 Å². The lowest BCUT2D eigenvalue weighted by Gasteiger charge is -2.17. The normalized spacial score (nSPS) is 14.8. The minimum absolute atomic E-state index is 0.0621. The van der Waals surface area contributed by atoms with Gasteiger partial charge in [-0.15, -0.1) is 0 Å². The van der Waals surface area contributed by atoms with Gasteiger partial charge in [-0.1, -0.05) is 54.6 Å². The Bertz CT molecular complexity index is 676. The van der Waals surface area contributed by atoms with E-state index in [0.717, 1.165) is 11.1 Å². The van der Waals surface area contributed by atoms with Gasteiger partial charge in [-0.3, -0.25) is 4.79 Å². The third kappa shape index (κ3) is 2.60. The van der Waals surface area contributed by atoms with Crippen LogP contribution in [0.15, 0.2) is 66.6 Å². The topological polar surface area (TPSA) is 55.8 Å². The first kappa shape index (κ1) is 13.2. The van der Waals surface area contributed by atoms with Crippen molar-refractivity contribution in [1.82, 2.24) is 0 Å². The Morgan fingerprint density at radius 1 is 1.05 bits per heavy atom. The van der Waals surface area contributed by atoms with Crippen molar-refractivity contribution in [2.45, 2.75) is 5.92 Å². The predicted octanol–water partition coefficient (Wildman–Crippen LogP) is 3.37. The van der Waals surface area contributed by atoms with Crippen molar-refractivity contribution in [2.75, 3.05) is 6.79 Å². The summed E-state index contributed by atoms with van der Waals surface area (Å²) in [6, 6.07) is 17.1. The number of hydrogen-bond acceptors (Lipinski definition) is 3. The second-order valence-electron chi connectivity index (χ2n) is 4.67. The van der Waals surface area contributed by atoms with Gasteiger partial charge < -0.3 is 14.6 Å². The number of carboxylic acid groups (broad SMARTS) is 1. The van der Waals surface area contributed by atoms with E-state index >= 15 is 0 Å². The molecule has 0 aliphatic carbocycles. The summed E-state index contributed by atoms with van der Waals surface area (Å²) in [5, 5.41) is 9.58. The molecule has 21 heavy (non-hydrogen) atoms. The van der Waals surface area contributed by atoms with Gasteiger partial charge in [0, 0.05) is 0 Å². The molecule has 1 N–H and O–H groups in total. The maximum absolute atomic E-state index is 11.7.